The van der Waals surface area contributed by atoms with Gasteiger partial charge in [0, 0.05) is 5.69 Å². The summed E-state index contributed by atoms with van der Waals surface area (Å²) in [4.78, 5) is 11.7. The van der Waals surface area contributed by atoms with Crippen LogP contribution in [0.1, 0.15) is 43.0 Å². The summed E-state index contributed by atoms with van der Waals surface area (Å²) < 4.78 is 10.6. The quantitative estimate of drug-likeness (QED) is 0.633. The highest BCUT2D eigenvalue weighted by Gasteiger charge is 2.17. The fourth-order valence-corrected chi connectivity index (χ4v) is 2.14. The molecule has 1 fully saturated rings. The predicted octanol–water partition coefficient (Wildman–Crippen LogP) is 3.01. The van der Waals surface area contributed by atoms with Gasteiger partial charge in [0.15, 0.2) is 0 Å². The maximum absolute atomic E-state index is 11.7. The van der Waals surface area contributed by atoms with E-state index in [9.17, 15) is 4.79 Å². The van der Waals surface area contributed by atoms with Crippen molar-refractivity contribution in [1.29, 1.82) is 0 Å². The number of nitrogen functional groups attached to an aromatic ring is 1. The second-order valence-electron chi connectivity index (χ2n) is 4.90. The van der Waals surface area contributed by atoms with Crippen molar-refractivity contribution in [3.8, 4) is 5.75 Å². The van der Waals surface area contributed by atoms with Crippen LogP contribution in [0.5, 0.6) is 5.75 Å². The summed E-state index contributed by atoms with van der Waals surface area (Å²) in [7, 11) is 0. The van der Waals surface area contributed by atoms with Crippen LogP contribution in [-0.2, 0) is 4.74 Å². The van der Waals surface area contributed by atoms with Crippen LogP contribution in [0.25, 0.3) is 0 Å². The van der Waals surface area contributed by atoms with Gasteiger partial charge in [-0.3, -0.25) is 0 Å². The highest BCUT2D eigenvalue weighted by molar-refractivity contribution is 5.95. The Bertz CT molecular complexity index is 441. The summed E-state index contributed by atoms with van der Waals surface area (Å²) in [6.45, 7) is 2.80. The van der Waals surface area contributed by atoms with Gasteiger partial charge in [-0.25, -0.2) is 4.79 Å². The minimum atomic E-state index is -0.399. The smallest absolute Gasteiger partial charge is 0.340 e. The Morgan fingerprint density at radius 3 is 2.84 bits per heavy atom. The molecule has 0 aliphatic heterocycles. The van der Waals surface area contributed by atoms with Crippen LogP contribution in [0.3, 0.4) is 0 Å². The number of hydrogen-bond donors (Lipinski definition) is 1. The summed E-state index contributed by atoms with van der Waals surface area (Å²) in [5, 5.41) is 0. The Balaban J connectivity index is 1.92. The molecule has 0 spiro atoms. The van der Waals surface area contributed by atoms with Gasteiger partial charge in [-0.1, -0.05) is 19.3 Å². The van der Waals surface area contributed by atoms with E-state index in [0.29, 0.717) is 30.2 Å². The average molecular weight is 263 g/mol. The van der Waals surface area contributed by atoms with Gasteiger partial charge in [0.2, 0.25) is 0 Å². The van der Waals surface area contributed by atoms with Gasteiger partial charge in [0.05, 0.1) is 18.8 Å². The van der Waals surface area contributed by atoms with Crippen molar-refractivity contribution in [2.45, 2.75) is 32.6 Å². The molecule has 0 unspecified atom stereocenters. The van der Waals surface area contributed by atoms with Crippen molar-refractivity contribution < 1.29 is 14.3 Å². The lowest BCUT2D eigenvalue weighted by Gasteiger charge is -2.25. The monoisotopic (exact) mass is 263 g/mol. The van der Waals surface area contributed by atoms with E-state index in [4.69, 9.17) is 15.2 Å². The zero-order valence-corrected chi connectivity index (χ0v) is 11.4. The number of benzene rings is 1. The van der Waals surface area contributed by atoms with Crippen molar-refractivity contribution in [3.63, 3.8) is 0 Å². The predicted molar refractivity (Wildman–Crippen MR) is 74.3 cm³/mol. The van der Waals surface area contributed by atoms with E-state index in [-0.39, 0.29) is 0 Å². The summed E-state index contributed by atoms with van der Waals surface area (Å²) in [5.74, 6) is 1.10. The fraction of sp³-hybridized carbons (Fsp3) is 0.533. The normalized spacial score (nSPS) is 14.8. The van der Waals surface area contributed by atoms with E-state index < -0.39 is 5.97 Å². The van der Waals surface area contributed by atoms with Crippen LogP contribution in [-0.4, -0.2) is 19.2 Å². The largest absolute Gasteiger partial charge is 0.494 e. The summed E-state index contributed by atoms with van der Waals surface area (Å²) in [6.07, 6.45) is 5.07. The number of carbonyl (C=O) groups is 1. The van der Waals surface area contributed by atoms with Crippen LogP contribution in [0.2, 0.25) is 0 Å². The molecule has 0 aromatic heterocycles. The molecule has 1 aliphatic carbocycles. The third kappa shape index (κ3) is 3.63. The summed E-state index contributed by atoms with van der Waals surface area (Å²) >= 11 is 0. The lowest BCUT2D eigenvalue weighted by Crippen LogP contribution is -2.14. The molecule has 4 nitrogen and oxygen atoms in total. The SMILES string of the molecule is CCOC(=O)c1cc(OCCC2CCC2)ccc1N. The molecule has 1 aromatic rings. The summed E-state index contributed by atoms with van der Waals surface area (Å²) in [5.41, 5.74) is 6.57. The van der Waals surface area contributed by atoms with Crippen LogP contribution in [0.15, 0.2) is 18.2 Å². The number of ether oxygens (including phenoxy) is 2. The highest BCUT2D eigenvalue weighted by atomic mass is 16.5. The Hall–Kier alpha value is -1.71. The first-order valence-electron chi connectivity index (χ1n) is 6.90. The molecule has 0 heterocycles. The van der Waals surface area contributed by atoms with Gasteiger partial charge in [-0.05, 0) is 37.5 Å². The first kappa shape index (κ1) is 13.7. The fourth-order valence-electron chi connectivity index (χ4n) is 2.14. The van der Waals surface area contributed by atoms with Crippen molar-refractivity contribution in [2.24, 2.45) is 5.92 Å². The number of rotatable bonds is 6. The van der Waals surface area contributed by atoms with Gasteiger partial charge in [-0.2, -0.15) is 0 Å². The number of hydrogen-bond acceptors (Lipinski definition) is 4. The van der Waals surface area contributed by atoms with Crippen molar-refractivity contribution in [1.82, 2.24) is 0 Å². The molecular weight excluding hydrogens is 242 g/mol. The van der Waals surface area contributed by atoms with Crippen molar-refractivity contribution in [2.75, 3.05) is 18.9 Å². The van der Waals surface area contributed by atoms with Gasteiger partial charge in [0.1, 0.15) is 5.75 Å². The van der Waals surface area contributed by atoms with E-state index in [1.807, 2.05) is 0 Å². The van der Waals surface area contributed by atoms with Gasteiger partial charge >= 0.3 is 5.97 Å². The van der Waals surface area contributed by atoms with Gasteiger partial charge < -0.3 is 15.2 Å². The van der Waals surface area contributed by atoms with E-state index in [1.165, 1.54) is 19.3 Å². The third-order valence-electron chi connectivity index (χ3n) is 3.54. The Morgan fingerprint density at radius 1 is 1.42 bits per heavy atom. The number of nitrogens with two attached hydrogens (primary N) is 1. The van der Waals surface area contributed by atoms with Crippen LogP contribution < -0.4 is 10.5 Å². The van der Waals surface area contributed by atoms with E-state index in [0.717, 1.165) is 12.3 Å². The van der Waals surface area contributed by atoms with Gasteiger partial charge in [0.25, 0.3) is 0 Å². The minimum absolute atomic E-state index is 0.338. The first-order chi connectivity index (χ1) is 9.20. The molecule has 19 heavy (non-hydrogen) atoms. The zero-order valence-electron chi connectivity index (χ0n) is 11.4. The second-order valence-corrected chi connectivity index (χ2v) is 4.90. The lowest BCUT2D eigenvalue weighted by atomic mass is 9.83. The molecule has 0 amide bonds. The van der Waals surface area contributed by atoms with Crippen LogP contribution >= 0.6 is 0 Å². The van der Waals surface area contributed by atoms with Crippen molar-refractivity contribution in [3.05, 3.63) is 23.8 Å². The standard InChI is InChI=1S/C15H21NO3/c1-2-18-15(17)13-10-12(6-7-14(13)16)19-9-8-11-4-3-5-11/h6-7,10-11H,2-5,8-9,16H2,1H3. The maximum Gasteiger partial charge on any atom is 0.340 e. The zero-order chi connectivity index (χ0) is 13.7. The Labute approximate surface area is 113 Å². The molecule has 2 N–H and O–H groups in total. The molecule has 0 bridgehead atoms. The molecule has 1 saturated carbocycles. The maximum atomic E-state index is 11.7. The highest BCUT2D eigenvalue weighted by Crippen LogP contribution is 2.29. The average Bonchev–Trinajstić information content (AvgIpc) is 2.34. The molecule has 4 heteroatoms. The molecule has 104 valence electrons. The number of esters is 1. The van der Waals surface area contributed by atoms with E-state index in [2.05, 4.69) is 0 Å². The molecule has 0 saturated heterocycles. The number of anilines is 1. The molecule has 0 radical (unpaired) electrons. The van der Waals surface area contributed by atoms with Crippen LogP contribution in [0, 0.1) is 5.92 Å². The number of carbonyl (C=O) groups excluding carboxylic acids is 1. The summed E-state index contributed by atoms with van der Waals surface area (Å²) in [6, 6.07) is 5.14. The second kappa shape index (κ2) is 6.45. The molecule has 1 aromatic carbocycles. The molecule has 1 aliphatic rings. The molecular formula is C15H21NO3. The van der Waals surface area contributed by atoms with E-state index >= 15 is 0 Å². The minimum Gasteiger partial charge on any atom is -0.494 e. The topological polar surface area (TPSA) is 61.5 Å². The third-order valence-corrected chi connectivity index (χ3v) is 3.54. The molecule has 2 rings (SSSR count). The lowest BCUT2D eigenvalue weighted by molar-refractivity contribution is 0.0527. The van der Waals surface area contributed by atoms with Crippen molar-refractivity contribution >= 4 is 11.7 Å². The van der Waals surface area contributed by atoms with E-state index in [1.54, 1.807) is 25.1 Å². The first-order valence-corrected chi connectivity index (χ1v) is 6.90. The van der Waals surface area contributed by atoms with Gasteiger partial charge in [-0.15, -0.1) is 0 Å². The Morgan fingerprint density at radius 2 is 2.21 bits per heavy atom. The Kier molecular flexibility index (Phi) is 4.66. The molecule has 0 atom stereocenters. The van der Waals surface area contributed by atoms with Crippen LogP contribution in [0.4, 0.5) is 5.69 Å².